The van der Waals surface area contributed by atoms with Gasteiger partial charge in [-0.15, -0.1) is 0 Å². The Morgan fingerprint density at radius 1 is 1.18 bits per heavy atom. The standard InChI is InChI=1S/C21H31N3O3S/c1-3-15(2)19(21(25)22-16-11-7-5-4-6-8-12-16)23-20-17-13-9-10-14-18(17)28(26,27)24-20/h9-10,13-16,19H,3-8,11-12H2,1-2H3,(H,22,25)(H,23,24)/t15-,19-/m0/s1. The van der Waals surface area contributed by atoms with Crippen LogP contribution in [0, 0.1) is 5.92 Å². The van der Waals surface area contributed by atoms with Gasteiger partial charge in [0.25, 0.3) is 10.0 Å². The predicted octanol–water partition coefficient (Wildman–Crippen LogP) is 3.37. The molecule has 7 heteroatoms. The van der Waals surface area contributed by atoms with Crippen LogP contribution in [0.5, 0.6) is 0 Å². The second kappa shape index (κ2) is 9.07. The van der Waals surface area contributed by atoms with Crippen LogP contribution in [0.4, 0.5) is 0 Å². The van der Waals surface area contributed by atoms with Crippen molar-refractivity contribution in [2.24, 2.45) is 10.9 Å². The van der Waals surface area contributed by atoms with Crippen molar-refractivity contribution in [3.05, 3.63) is 29.8 Å². The van der Waals surface area contributed by atoms with Crippen molar-refractivity contribution in [3.8, 4) is 0 Å². The number of hydrogen-bond acceptors (Lipinski definition) is 4. The molecule has 2 aliphatic rings. The molecule has 3 rings (SSSR count). The predicted molar refractivity (Wildman–Crippen MR) is 111 cm³/mol. The number of nitrogens with one attached hydrogen (secondary N) is 2. The number of fused-ring (bicyclic) bond motifs is 1. The molecular formula is C21H31N3O3S. The first-order valence-corrected chi connectivity index (χ1v) is 11.9. The second-order valence-corrected chi connectivity index (χ2v) is 9.61. The van der Waals surface area contributed by atoms with E-state index < -0.39 is 16.1 Å². The fraction of sp³-hybridized carbons (Fsp3) is 0.619. The molecule has 1 aromatic rings. The molecule has 1 heterocycles. The molecule has 1 fully saturated rings. The summed E-state index contributed by atoms with van der Waals surface area (Å²) in [6.45, 7) is 4.01. The maximum absolute atomic E-state index is 13.1. The number of amidine groups is 1. The zero-order chi connectivity index (χ0) is 20.1. The van der Waals surface area contributed by atoms with E-state index in [1.54, 1.807) is 24.3 Å². The molecule has 2 atom stereocenters. The first-order chi connectivity index (χ1) is 13.4. The average Bonchev–Trinajstić information content (AvgIpc) is 2.92. The van der Waals surface area contributed by atoms with Gasteiger partial charge in [-0.3, -0.25) is 14.5 Å². The smallest absolute Gasteiger partial charge is 0.263 e. The van der Waals surface area contributed by atoms with Gasteiger partial charge < -0.3 is 5.32 Å². The molecule has 154 valence electrons. The maximum Gasteiger partial charge on any atom is 0.263 e. The quantitative estimate of drug-likeness (QED) is 0.787. The summed E-state index contributed by atoms with van der Waals surface area (Å²) in [5.41, 5.74) is 0.537. The van der Waals surface area contributed by atoms with E-state index in [1.807, 2.05) is 13.8 Å². The lowest BCUT2D eigenvalue weighted by Crippen LogP contribution is -2.44. The van der Waals surface area contributed by atoms with Crippen LogP contribution in [-0.4, -0.2) is 32.2 Å². The van der Waals surface area contributed by atoms with Crippen molar-refractivity contribution >= 4 is 21.8 Å². The van der Waals surface area contributed by atoms with Gasteiger partial charge in [-0.2, -0.15) is 0 Å². The van der Waals surface area contributed by atoms with Crippen molar-refractivity contribution in [1.29, 1.82) is 0 Å². The van der Waals surface area contributed by atoms with Crippen LogP contribution in [-0.2, 0) is 14.8 Å². The van der Waals surface area contributed by atoms with Gasteiger partial charge in [-0.05, 0) is 30.9 Å². The highest BCUT2D eigenvalue weighted by molar-refractivity contribution is 7.90. The van der Waals surface area contributed by atoms with Crippen LogP contribution in [0.1, 0.15) is 70.8 Å². The maximum atomic E-state index is 13.1. The Labute approximate surface area is 168 Å². The highest BCUT2D eigenvalue weighted by Gasteiger charge is 2.33. The Balaban J connectivity index is 1.83. The molecule has 0 saturated heterocycles. The summed E-state index contributed by atoms with van der Waals surface area (Å²) in [4.78, 5) is 17.9. The van der Waals surface area contributed by atoms with Crippen LogP contribution in [0.15, 0.2) is 34.2 Å². The Kier molecular flexibility index (Phi) is 6.75. The number of benzene rings is 1. The lowest BCUT2D eigenvalue weighted by molar-refractivity contribution is -0.124. The third-order valence-electron chi connectivity index (χ3n) is 5.83. The number of carbonyl (C=O) groups excluding carboxylic acids is 1. The van der Waals surface area contributed by atoms with Gasteiger partial charge in [0.05, 0.1) is 4.90 Å². The highest BCUT2D eigenvalue weighted by atomic mass is 32.2. The van der Waals surface area contributed by atoms with E-state index in [9.17, 15) is 13.2 Å². The van der Waals surface area contributed by atoms with Crippen LogP contribution in [0.25, 0.3) is 0 Å². The fourth-order valence-corrected chi connectivity index (χ4v) is 5.16. The Bertz CT molecular complexity index is 827. The number of nitrogens with zero attached hydrogens (tertiary/aromatic N) is 1. The van der Waals surface area contributed by atoms with Crippen molar-refractivity contribution < 1.29 is 13.2 Å². The largest absolute Gasteiger partial charge is 0.352 e. The topological polar surface area (TPSA) is 87.6 Å². The lowest BCUT2D eigenvalue weighted by Gasteiger charge is -2.25. The minimum atomic E-state index is -3.61. The molecule has 1 aromatic carbocycles. The average molecular weight is 406 g/mol. The van der Waals surface area contributed by atoms with Crippen molar-refractivity contribution in [1.82, 2.24) is 10.0 Å². The molecule has 0 aromatic heterocycles. The number of amides is 1. The van der Waals surface area contributed by atoms with E-state index in [1.165, 1.54) is 19.3 Å². The van der Waals surface area contributed by atoms with Crippen molar-refractivity contribution in [3.63, 3.8) is 0 Å². The number of aliphatic imine (C=N–C) groups is 1. The molecule has 1 aliphatic heterocycles. The Morgan fingerprint density at radius 3 is 2.50 bits per heavy atom. The molecule has 0 unspecified atom stereocenters. The molecule has 1 aliphatic carbocycles. The molecule has 0 bridgehead atoms. The highest BCUT2D eigenvalue weighted by Crippen LogP contribution is 2.24. The normalized spacial score (nSPS) is 23.1. The monoisotopic (exact) mass is 405 g/mol. The zero-order valence-corrected chi connectivity index (χ0v) is 17.6. The van der Waals surface area contributed by atoms with Gasteiger partial charge >= 0.3 is 0 Å². The molecule has 1 saturated carbocycles. The van der Waals surface area contributed by atoms with Gasteiger partial charge in [-0.1, -0.05) is 64.5 Å². The molecule has 2 N–H and O–H groups in total. The second-order valence-electron chi connectivity index (χ2n) is 7.96. The number of hydrogen-bond donors (Lipinski definition) is 2. The van der Waals surface area contributed by atoms with E-state index >= 15 is 0 Å². The van der Waals surface area contributed by atoms with E-state index in [-0.39, 0.29) is 28.6 Å². The lowest BCUT2D eigenvalue weighted by atomic mass is 9.94. The van der Waals surface area contributed by atoms with Crippen molar-refractivity contribution in [2.45, 2.75) is 82.2 Å². The van der Waals surface area contributed by atoms with E-state index in [4.69, 9.17) is 0 Å². The molecule has 6 nitrogen and oxygen atoms in total. The number of rotatable bonds is 5. The number of sulfonamides is 1. The van der Waals surface area contributed by atoms with E-state index in [0.29, 0.717) is 5.56 Å². The summed E-state index contributed by atoms with van der Waals surface area (Å²) < 4.78 is 27.2. The summed E-state index contributed by atoms with van der Waals surface area (Å²) in [5, 5.41) is 3.20. The van der Waals surface area contributed by atoms with E-state index in [0.717, 1.165) is 32.1 Å². The van der Waals surface area contributed by atoms with Gasteiger partial charge in [-0.25, -0.2) is 8.42 Å². The summed E-state index contributed by atoms with van der Waals surface area (Å²) in [6, 6.07) is 6.34. The molecule has 0 spiro atoms. The third-order valence-corrected chi connectivity index (χ3v) is 7.23. The van der Waals surface area contributed by atoms with Gasteiger partial charge in [0.1, 0.15) is 11.9 Å². The minimum Gasteiger partial charge on any atom is -0.352 e. The molecule has 0 radical (unpaired) electrons. The van der Waals surface area contributed by atoms with Crippen LogP contribution in [0.2, 0.25) is 0 Å². The molecular weight excluding hydrogens is 374 g/mol. The van der Waals surface area contributed by atoms with E-state index in [2.05, 4.69) is 15.0 Å². The SMILES string of the molecule is CC[C@H](C)[C@H](N=C1NS(=O)(=O)c2ccccc21)C(=O)NC1CCCCCCC1. The fourth-order valence-electron chi connectivity index (χ4n) is 3.92. The molecule has 28 heavy (non-hydrogen) atoms. The zero-order valence-electron chi connectivity index (χ0n) is 16.8. The number of carbonyl (C=O) groups is 1. The Hall–Kier alpha value is -1.89. The summed E-state index contributed by atoms with van der Waals surface area (Å²) >= 11 is 0. The molecule has 1 amide bonds. The Morgan fingerprint density at radius 2 is 1.82 bits per heavy atom. The first-order valence-electron chi connectivity index (χ1n) is 10.4. The summed E-state index contributed by atoms with van der Waals surface area (Å²) in [7, 11) is -3.61. The summed E-state index contributed by atoms with van der Waals surface area (Å²) in [5.74, 6) is 0.183. The third kappa shape index (κ3) is 4.74. The van der Waals surface area contributed by atoms with Gasteiger partial charge in [0.15, 0.2) is 0 Å². The van der Waals surface area contributed by atoms with Gasteiger partial charge in [0, 0.05) is 11.6 Å². The summed E-state index contributed by atoms with van der Waals surface area (Å²) in [6.07, 6.45) is 8.80. The van der Waals surface area contributed by atoms with Crippen LogP contribution < -0.4 is 10.0 Å². The van der Waals surface area contributed by atoms with Crippen LogP contribution >= 0.6 is 0 Å². The van der Waals surface area contributed by atoms with Crippen LogP contribution in [0.3, 0.4) is 0 Å². The first kappa shape index (κ1) is 20.8. The minimum absolute atomic E-state index is 0.0123. The van der Waals surface area contributed by atoms with Gasteiger partial charge in [0.2, 0.25) is 5.91 Å². The van der Waals surface area contributed by atoms with Crippen molar-refractivity contribution in [2.75, 3.05) is 0 Å².